The van der Waals surface area contributed by atoms with E-state index in [0.29, 0.717) is 16.2 Å². The molecule has 0 radical (unpaired) electrons. The normalized spacial score (nSPS) is 10.2. The molecule has 3 N–H and O–H groups in total. The number of nitrogens with one attached hydrogen (secondary N) is 1. The van der Waals surface area contributed by atoms with E-state index in [-0.39, 0.29) is 6.61 Å². The molecule has 0 aliphatic carbocycles. The van der Waals surface area contributed by atoms with E-state index in [2.05, 4.69) is 4.98 Å². The van der Waals surface area contributed by atoms with Gasteiger partial charge in [-0.05, 0) is 23.8 Å². The van der Waals surface area contributed by atoms with E-state index in [9.17, 15) is 4.79 Å². The number of nitrogens with zero attached hydrogens (tertiary/aromatic N) is 1. The lowest BCUT2D eigenvalue weighted by molar-refractivity contribution is 0.148. The van der Waals surface area contributed by atoms with Gasteiger partial charge >= 0.3 is 6.09 Å². The second kappa shape index (κ2) is 6.44. The first-order valence-electron chi connectivity index (χ1n) is 5.90. The van der Waals surface area contributed by atoms with E-state index < -0.39 is 6.09 Å². The van der Waals surface area contributed by atoms with E-state index in [1.165, 1.54) is 10.8 Å². The van der Waals surface area contributed by atoms with Gasteiger partial charge in [-0.1, -0.05) is 30.4 Å². The Morgan fingerprint density at radius 1 is 1.45 bits per heavy atom. The summed E-state index contributed by atoms with van der Waals surface area (Å²) in [6, 6.07) is 7.53. The highest BCUT2D eigenvalue weighted by molar-refractivity contribution is 7.80. The fourth-order valence-corrected chi connectivity index (χ4v) is 2.00. The third kappa shape index (κ3) is 3.52. The number of carbonyl (C=O) groups excluding carboxylic acids is 1. The minimum Gasteiger partial charge on any atom is -0.449 e. The Morgan fingerprint density at radius 3 is 2.90 bits per heavy atom. The predicted molar refractivity (Wildman–Crippen MR) is 82.4 cm³/mol. The summed E-state index contributed by atoms with van der Waals surface area (Å²) in [6.45, 7) is 0.257. The lowest BCUT2D eigenvalue weighted by Crippen LogP contribution is -2.15. The van der Waals surface area contributed by atoms with Gasteiger partial charge in [0, 0.05) is 24.4 Å². The molecule has 20 heavy (non-hydrogen) atoms. The summed E-state index contributed by atoms with van der Waals surface area (Å²) >= 11 is 9.85. The number of rotatable bonds is 4. The summed E-state index contributed by atoms with van der Waals surface area (Å²) in [5, 5.41) is 0. The zero-order valence-corrected chi connectivity index (χ0v) is 12.2. The lowest BCUT2D eigenvalue weighted by atomic mass is 10.1. The van der Waals surface area contributed by atoms with Crippen molar-refractivity contribution in [2.45, 2.75) is 6.42 Å². The van der Waals surface area contributed by atoms with Crippen molar-refractivity contribution in [2.24, 2.45) is 5.73 Å². The van der Waals surface area contributed by atoms with Crippen molar-refractivity contribution >= 4 is 35.5 Å². The molecule has 2 rings (SSSR count). The number of aromatic amines is 1. The highest BCUT2D eigenvalue weighted by Crippen LogP contribution is 2.06. The highest BCUT2D eigenvalue weighted by Gasteiger charge is 2.06. The molecule has 0 aliphatic rings. The Morgan fingerprint density at radius 2 is 2.25 bits per heavy atom. The number of carbonyl (C=O) groups is 1. The summed E-state index contributed by atoms with van der Waals surface area (Å²) in [6.07, 6.45) is 3.19. The summed E-state index contributed by atoms with van der Waals surface area (Å²) < 4.78 is 6.69. The molecule has 1 aromatic heterocycles. The van der Waals surface area contributed by atoms with Crippen molar-refractivity contribution in [3.8, 4) is 0 Å². The number of imidazole rings is 1. The summed E-state index contributed by atoms with van der Waals surface area (Å²) in [5.41, 5.74) is 7.37. The molecule has 0 fully saturated rings. The molecule has 0 unspecified atom stereocenters. The van der Waals surface area contributed by atoms with Crippen LogP contribution >= 0.6 is 24.4 Å². The van der Waals surface area contributed by atoms with Gasteiger partial charge in [0.25, 0.3) is 0 Å². The molecule has 5 nitrogen and oxygen atoms in total. The van der Waals surface area contributed by atoms with Crippen LogP contribution in [0.15, 0.2) is 36.7 Å². The molecule has 1 aromatic carbocycles. The molecular weight excluding hydrogens is 294 g/mol. The van der Waals surface area contributed by atoms with E-state index in [4.69, 9.17) is 34.9 Å². The SMILES string of the molecule is NC(=S)c1cccc(CCOC(=O)n2cc[nH]c2=S)c1. The Balaban J connectivity index is 1.92. The summed E-state index contributed by atoms with van der Waals surface area (Å²) in [5.74, 6) is 0. The quantitative estimate of drug-likeness (QED) is 0.849. The van der Waals surface area contributed by atoms with Gasteiger partial charge in [0.15, 0.2) is 4.77 Å². The smallest absolute Gasteiger partial charge is 0.420 e. The van der Waals surface area contributed by atoms with Crippen LogP contribution in [0.5, 0.6) is 0 Å². The first-order chi connectivity index (χ1) is 9.58. The van der Waals surface area contributed by atoms with Crippen LogP contribution in [0.1, 0.15) is 11.1 Å². The number of hydrogen-bond donors (Lipinski definition) is 2. The minimum atomic E-state index is -0.498. The van der Waals surface area contributed by atoms with Crippen molar-refractivity contribution in [2.75, 3.05) is 6.61 Å². The maximum absolute atomic E-state index is 11.7. The molecule has 104 valence electrons. The average Bonchev–Trinajstić information content (AvgIpc) is 2.85. The summed E-state index contributed by atoms with van der Waals surface area (Å²) in [7, 11) is 0. The standard InChI is InChI=1S/C13H13N3O2S2/c14-11(19)10-3-1-2-9(8-10)4-7-18-13(17)16-6-5-15-12(16)20/h1-3,5-6,8H,4,7H2,(H2,14,19)(H,15,20). The molecule has 0 aliphatic heterocycles. The van der Waals surface area contributed by atoms with E-state index in [1.54, 1.807) is 6.20 Å². The zero-order valence-electron chi connectivity index (χ0n) is 10.5. The van der Waals surface area contributed by atoms with Crippen molar-refractivity contribution in [1.29, 1.82) is 0 Å². The zero-order chi connectivity index (χ0) is 14.5. The van der Waals surface area contributed by atoms with Gasteiger partial charge in [0.05, 0.1) is 6.61 Å². The van der Waals surface area contributed by atoms with Crippen LogP contribution in [0.2, 0.25) is 0 Å². The van der Waals surface area contributed by atoms with Gasteiger partial charge in [-0.3, -0.25) is 0 Å². The molecule has 2 aromatic rings. The van der Waals surface area contributed by atoms with E-state index in [0.717, 1.165) is 11.1 Å². The van der Waals surface area contributed by atoms with Gasteiger partial charge < -0.3 is 15.5 Å². The van der Waals surface area contributed by atoms with Crippen LogP contribution in [-0.2, 0) is 11.2 Å². The van der Waals surface area contributed by atoms with E-state index >= 15 is 0 Å². The Bertz CT molecular complexity index is 691. The topological polar surface area (TPSA) is 73.0 Å². The van der Waals surface area contributed by atoms with Crippen LogP contribution in [0.25, 0.3) is 0 Å². The first kappa shape index (κ1) is 14.4. The van der Waals surface area contributed by atoms with Gasteiger partial charge in [-0.2, -0.15) is 0 Å². The molecule has 0 bridgehead atoms. The molecular formula is C13H13N3O2S2. The number of nitrogens with two attached hydrogens (primary N) is 1. The van der Waals surface area contributed by atoms with Gasteiger partial charge in [-0.15, -0.1) is 0 Å². The number of hydrogen-bond acceptors (Lipinski definition) is 4. The van der Waals surface area contributed by atoms with Crippen molar-refractivity contribution in [3.05, 3.63) is 52.6 Å². The monoisotopic (exact) mass is 307 g/mol. The largest absolute Gasteiger partial charge is 0.449 e. The number of H-pyrrole nitrogens is 1. The van der Waals surface area contributed by atoms with Crippen LogP contribution in [0.4, 0.5) is 4.79 Å². The molecule has 0 saturated heterocycles. The highest BCUT2D eigenvalue weighted by atomic mass is 32.1. The van der Waals surface area contributed by atoms with Crippen LogP contribution < -0.4 is 5.73 Å². The summed E-state index contributed by atoms with van der Waals surface area (Å²) in [4.78, 5) is 14.8. The van der Waals surface area contributed by atoms with Crippen LogP contribution in [0.3, 0.4) is 0 Å². The Hall–Kier alpha value is -1.99. The van der Waals surface area contributed by atoms with Crippen molar-refractivity contribution in [3.63, 3.8) is 0 Å². The van der Waals surface area contributed by atoms with Crippen LogP contribution in [0, 0.1) is 4.77 Å². The molecule has 0 atom stereocenters. The van der Waals surface area contributed by atoms with Crippen molar-refractivity contribution in [1.82, 2.24) is 9.55 Å². The molecule has 0 saturated carbocycles. The maximum atomic E-state index is 11.7. The third-order valence-corrected chi connectivity index (χ3v) is 3.22. The number of benzene rings is 1. The van der Waals surface area contributed by atoms with Crippen LogP contribution in [-0.4, -0.2) is 27.2 Å². The number of ether oxygens (including phenoxy) is 1. The van der Waals surface area contributed by atoms with Crippen molar-refractivity contribution < 1.29 is 9.53 Å². The van der Waals surface area contributed by atoms with Gasteiger partial charge in [-0.25, -0.2) is 9.36 Å². The Kier molecular flexibility index (Phi) is 4.65. The molecule has 0 amide bonds. The lowest BCUT2D eigenvalue weighted by Gasteiger charge is -2.06. The average molecular weight is 307 g/mol. The predicted octanol–water partition coefficient (Wildman–Crippen LogP) is 2.41. The second-order valence-corrected chi connectivity index (χ2v) is 4.89. The minimum absolute atomic E-state index is 0.257. The van der Waals surface area contributed by atoms with Gasteiger partial charge in [0.1, 0.15) is 4.99 Å². The van der Waals surface area contributed by atoms with E-state index in [1.807, 2.05) is 24.3 Å². The fraction of sp³-hybridized carbons (Fsp3) is 0.154. The molecule has 7 heteroatoms. The molecule has 0 spiro atoms. The third-order valence-electron chi connectivity index (χ3n) is 2.67. The fourth-order valence-electron chi connectivity index (χ4n) is 1.67. The Labute approximate surface area is 126 Å². The molecule has 1 heterocycles. The first-order valence-corrected chi connectivity index (χ1v) is 6.71. The number of thiocarbonyl (C=S) groups is 1. The maximum Gasteiger partial charge on any atom is 0.420 e. The second-order valence-electron chi connectivity index (χ2n) is 4.06. The van der Waals surface area contributed by atoms with Gasteiger partial charge in [0.2, 0.25) is 0 Å². The number of aromatic nitrogens is 2.